The first-order valence-corrected chi connectivity index (χ1v) is 6.45. The summed E-state index contributed by atoms with van der Waals surface area (Å²) in [6.45, 7) is 13.7. The molecule has 0 aromatic carbocycles. The van der Waals surface area contributed by atoms with Gasteiger partial charge in [-0.3, -0.25) is 0 Å². The Labute approximate surface area is 88.1 Å². The Morgan fingerprint density at radius 1 is 1.15 bits per heavy atom. The van der Waals surface area contributed by atoms with Gasteiger partial charge in [0.1, 0.15) is 0 Å². The molecular weight excluding hydrogens is 178 g/mol. The second kappa shape index (κ2) is 7.69. The van der Waals surface area contributed by atoms with Gasteiger partial charge in [0.05, 0.1) is 0 Å². The molecule has 0 heterocycles. The van der Waals surface area contributed by atoms with Gasteiger partial charge in [0.25, 0.3) is 0 Å². The summed E-state index contributed by atoms with van der Waals surface area (Å²) >= 11 is 2.10. The molecule has 2 atom stereocenters. The third-order valence-corrected chi connectivity index (χ3v) is 4.16. The van der Waals surface area contributed by atoms with Crippen molar-refractivity contribution in [1.82, 2.24) is 5.32 Å². The van der Waals surface area contributed by atoms with Gasteiger partial charge in [0.15, 0.2) is 0 Å². The van der Waals surface area contributed by atoms with Crippen LogP contribution in [0.2, 0.25) is 0 Å². The lowest BCUT2D eigenvalue weighted by molar-refractivity contribution is 0.570. The first kappa shape index (κ1) is 13.3. The summed E-state index contributed by atoms with van der Waals surface area (Å²) < 4.78 is 0. The van der Waals surface area contributed by atoms with E-state index < -0.39 is 0 Å². The minimum atomic E-state index is 0.795. The zero-order valence-corrected chi connectivity index (χ0v) is 10.6. The van der Waals surface area contributed by atoms with E-state index in [1.165, 1.54) is 5.75 Å². The SMILES string of the molecule is CCNCC(C)CSC(C)C(C)C. The molecule has 0 bridgehead atoms. The van der Waals surface area contributed by atoms with Crippen LogP contribution in [0, 0.1) is 11.8 Å². The summed E-state index contributed by atoms with van der Waals surface area (Å²) in [7, 11) is 0. The first-order chi connectivity index (χ1) is 6.07. The second-order valence-corrected chi connectivity index (χ2v) is 5.61. The predicted molar refractivity (Wildman–Crippen MR) is 64.5 cm³/mol. The molecule has 0 radical (unpaired) electrons. The van der Waals surface area contributed by atoms with Crippen molar-refractivity contribution in [1.29, 1.82) is 0 Å². The van der Waals surface area contributed by atoms with Crippen LogP contribution in [0.5, 0.6) is 0 Å². The average molecular weight is 203 g/mol. The standard InChI is InChI=1S/C11H25NS/c1-6-12-7-10(4)8-13-11(5)9(2)3/h9-12H,6-8H2,1-5H3. The Morgan fingerprint density at radius 3 is 2.23 bits per heavy atom. The molecule has 1 N–H and O–H groups in total. The summed E-state index contributed by atoms with van der Waals surface area (Å²) in [5.41, 5.74) is 0. The quantitative estimate of drug-likeness (QED) is 0.682. The second-order valence-electron chi connectivity index (χ2n) is 4.20. The van der Waals surface area contributed by atoms with Crippen molar-refractivity contribution in [2.24, 2.45) is 11.8 Å². The largest absolute Gasteiger partial charge is 0.317 e. The van der Waals surface area contributed by atoms with E-state index in [-0.39, 0.29) is 0 Å². The van der Waals surface area contributed by atoms with Crippen molar-refractivity contribution < 1.29 is 0 Å². The van der Waals surface area contributed by atoms with Crippen LogP contribution in [0.1, 0.15) is 34.6 Å². The Balaban J connectivity index is 3.40. The fourth-order valence-electron chi connectivity index (χ4n) is 0.958. The van der Waals surface area contributed by atoms with Crippen LogP contribution in [-0.2, 0) is 0 Å². The van der Waals surface area contributed by atoms with E-state index in [1.807, 2.05) is 0 Å². The maximum absolute atomic E-state index is 3.39. The summed E-state index contributed by atoms with van der Waals surface area (Å²) in [6.07, 6.45) is 0. The number of hydrogen-bond donors (Lipinski definition) is 1. The molecule has 0 aliphatic rings. The topological polar surface area (TPSA) is 12.0 Å². The highest BCUT2D eigenvalue weighted by atomic mass is 32.2. The van der Waals surface area contributed by atoms with Crippen molar-refractivity contribution in [3.8, 4) is 0 Å². The molecular formula is C11H25NS. The summed E-state index contributed by atoms with van der Waals surface area (Å²) in [6, 6.07) is 0. The van der Waals surface area contributed by atoms with Crippen LogP contribution in [0.3, 0.4) is 0 Å². The van der Waals surface area contributed by atoms with Gasteiger partial charge in [-0.15, -0.1) is 0 Å². The Bertz CT molecular complexity index is 115. The van der Waals surface area contributed by atoms with E-state index in [0.717, 1.165) is 30.2 Å². The third kappa shape index (κ3) is 7.39. The Hall–Kier alpha value is 0.310. The lowest BCUT2D eigenvalue weighted by Gasteiger charge is -2.18. The normalized spacial score (nSPS) is 16.2. The zero-order chi connectivity index (χ0) is 10.3. The monoisotopic (exact) mass is 203 g/mol. The van der Waals surface area contributed by atoms with Gasteiger partial charge < -0.3 is 5.32 Å². The highest BCUT2D eigenvalue weighted by Gasteiger charge is 2.09. The highest BCUT2D eigenvalue weighted by molar-refractivity contribution is 7.99. The van der Waals surface area contributed by atoms with E-state index in [1.54, 1.807) is 0 Å². The van der Waals surface area contributed by atoms with Crippen molar-refractivity contribution in [3.05, 3.63) is 0 Å². The van der Waals surface area contributed by atoms with Gasteiger partial charge in [-0.2, -0.15) is 11.8 Å². The van der Waals surface area contributed by atoms with Crippen LogP contribution in [-0.4, -0.2) is 24.1 Å². The minimum absolute atomic E-state index is 0.795. The van der Waals surface area contributed by atoms with Gasteiger partial charge in [-0.05, 0) is 30.7 Å². The molecule has 0 amide bonds. The number of hydrogen-bond acceptors (Lipinski definition) is 2. The molecule has 80 valence electrons. The zero-order valence-electron chi connectivity index (χ0n) is 9.76. The van der Waals surface area contributed by atoms with Gasteiger partial charge in [0.2, 0.25) is 0 Å². The molecule has 2 unspecified atom stereocenters. The molecule has 0 aliphatic carbocycles. The summed E-state index contributed by atoms with van der Waals surface area (Å²) in [5, 5.41) is 4.18. The van der Waals surface area contributed by atoms with E-state index in [2.05, 4.69) is 51.7 Å². The van der Waals surface area contributed by atoms with E-state index >= 15 is 0 Å². The molecule has 0 aliphatic heterocycles. The maximum Gasteiger partial charge on any atom is 0.00418 e. The molecule has 2 heteroatoms. The fourth-order valence-corrected chi connectivity index (χ4v) is 2.09. The lowest BCUT2D eigenvalue weighted by atomic mass is 10.2. The van der Waals surface area contributed by atoms with E-state index in [4.69, 9.17) is 0 Å². The maximum atomic E-state index is 3.39. The van der Waals surface area contributed by atoms with Crippen molar-refractivity contribution >= 4 is 11.8 Å². The van der Waals surface area contributed by atoms with Crippen LogP contribution in [0.4, 0.5) is 0 Å². The smallest absolute Gasteiger partial charge is 0.00418 e. The molecule has 1 nitrogen and oxygen atoms in total. The van der Waals surface area contributed by atoms with Crippen LogP contribution >= 0.6 is 11.8 Å². The molecule has 0 saturated heterocycles. The van der Waals surface area contributed by atoms with Gasteiger partial charge in [-0.1, -0.05) is 34.6 Å². The molecule has 0 aromatic heterocycles. The summed E-state index contributed by atoms with van der Waals surface area (Å²) in [4.78, 5) is 0. The van der Waals surface area contributed by atoms with Gasteiger partial charge in [0, 0.05) is 5.25 Å². The molecule has 13 heavy (non-hydrogen) atoms. The van der Waals surface area contributed by atoms with Crippen LogP contribution < -0.4 is 5.32 Å². The number of nitrogens with one attached hydrogen (secondary N) is 1. The third-order valence-electron chi connectivity index (χ3n) is 2.33. The lowest BCUT2D eigenvalue weighted by Crippen LogP contribution is -2.22. The van der Waals surface area contributed by atoms with E-state index in [0.29, 0.717) is 0 Å². The molecule has 0 rings (SSSR count). The van der Waals surface area contributed by atoms with E-state index in [9.17, 15) is 0 Å². The first-order valence-electron chi connectivity index (χ1n) is 5.40. The minimum Gasteiger partial charge on any atom is -0.317 e. The molecule has 0 fully saturated rings. The number of rotatable bonds is 7. The number of thioether (sulfide) groups is 1. The van der Waals surface area contributed by atoms with Gasteiger partial charge in [-0.25, -0.2) is 0 Å². The van der Waals surface area contributed by atoms with Crippen molar-refractivity contribution in [3.63, 3.8) is 0 Å². The van der Waals surface area contributed by atoms with Crippen molar-refractivity contribution in [2.75, 3.05) is 18.8 Å². The predicted octanol–water partition coefficient (Wildman–Crippen LogP) is 3.01. The average Bonchev–Trinajstić information content (AvgIpc) is 2.10. The van der Waals surface area contributed by atoms with Crippen molar-refractivity contribution in [2.45, 2.75) is 39.9 Å². The van der Waals surface area contributed by atoms with Crippen LogP contribution in [0.15, 0.2) is 0 Å². The Kier molecular flexibility index (Phi) is 7.87. The molecule has 0 saturated carbocycles. The summed E-state index contributed by atoms with van der Waals surface area (Å²) in [5.74, 6) is 2.88. The highest BCUT2D eigenvalue weighted by Crippen LogP contribution is 2.20. The molecule has 0 aromatic rings. The van der Waals surface area contributed by atoms with Crippen LogP contribution in [0.25, 0.3) is 0 Å². The molecule has 0 spiro atoms. The fraction of sp³-hybridized carbons (Fsp3) is 1.00. The Morgan fingerprint density at radius 2 is 1.77 bits per heavy atom. The van der Waals surface area contributed by atoms with Gasteiger partial charge >= 0.3 is 0 Å².